The Morgan fingerprint density at radius 1 is 1.05 bits per heavy atom. The molecule has 1 fully saturated rings. The molecule has 3 rings (SSSR count). The minimum Gasteiger partial charge on any atom is -0.444 e. The van der Waals surface area contributed by atoms with E-state index in [1.54, 1.807) is 39.5 Å². The van der Waals surface area contributed by atoms with Crippen LogP contribution in [0.1, 0.15) is 91.8 Å². The molecular weight excluding hydrogens is 562 g/mol. The first kappa shape index (κ1) is 35.3. The minimum atomic E-state index is -0.911. The van der Waals surface area contributed by atoms with Crippen molar-refractivity contribution in [2.45, 2.75) is 122 Å². The van der Waals surface area contributed by atoms with E-state index in [4.69, 9.17) is 9.47 Å². The lowest BCUT2D eigenvalue weighted by atomic mass is 9.87. The van der Waals surface area contributed by atoms with Crippen LogP contribution in [0.2, 0.25) is 0 Å². The number of ether oxygens (including phenoxy) is 2. The summed E-state index contributed by atoms with van der Waals surface area (Å²) in [6.07, 6.45) is 2.61. The number of fused-ring (bicyclic) bond motifs is 1. The minimum absolute atomic E-state index is 0.113. The van der Waals surface area contributed by atoms with Crippen LogP contribution in [-0.4, -0.2) is 95.7 Å². The van der Waals surface area contributed by atoms with E-state index >= 15 is 0 Å². The molecule has 1 aromatic carbocycles. The fourth-order valence-corrected chi connectivity index (χ4v) is 5.58. The van der Waals surface area contributed by atoms with Crippen molar-refractivity contribution >= 4 is 23.8 Å². The molecule has 0 saturated carbocycles. The largest absolute Gasteiger partial charge is 0.444 e. The first-order valence-corrected chi connectivity index (χ1v) is 15.8. The second-order valence-corrected chi connectivity index (χ2v) is 14.0. The highest BCUT2D eigenvalue weighted by atomic mass is 16.6. The highest BCUT2D eigenvalue weighted by Crippen LogP contribution is 2.30. The molecule has 1 saturated heterocycles. The van der Waals surface area contributed by atoms with Gasteiger partial charge in [0.15, 0.2) is 0 Å². The van der Waals surface area contributed by atoms with Gasteiger partial charge in [0.1, 0.15) is 23.7 Å². The van der Waals surface area contributed by atoms with Crippen molar-refractivity contribution in [2.24, 2.45) is 0 Å². The lowest BCUT2D eigenvalue weighted by Crippen LogP contribution is -2.55. The SMILES string of the molecule is C[C@H](C(=O)N[C@H](C)C(=O)N1C[C@H](NCCOC(C)(C)C)C[C@@H]1C(=O)N[C@H]1CCCc2ccccc21)N(C)C(=O)OC(C)(C)C. The van der Waals surface area contributed by atoms with Gasteiger partial charge < -0.3 is 30.3 Å². The molecule has 0 bridgehead atoms. The Bertz CT molecular complexity index is 1180. The summed E-state index contributed by atoms with van der Waals surface area (Å²) in [4.78, 5) is 55.9. The first-order chi connectivity index (χ1) is 20.5. The number of likely N-dealkylation sites (N-methyl/N-ethyl adjacent to an activating group) is 1. The zero-order valence-electron chi connectivity index (χ0n) is 28.0. The molecule has 1 aromatic rings. The average Bonchev–Trinajstić information content (AvgIpc) is 3.37. The molecule has 1 aliphatic carbocycles. The summed E-state index contributed by atoms with van der Waals surface area (Å²) in [5, 5.41) is 9.41. The van der Waals surface area contributed by atoms with Crippen molar-refractivity contribution in [1.82, 2.24) is 25.8 Å². The summed E-state index contributed by atoms with van der Waals surface area (Å²) < 4.78 is 11.2. The van der Waals surface area contributed by atoms with E-state index in [0.717, 1.165) is 24.8 Å². The maximum atomic E-state index is 13.8. The van der Waals surface area contributed by atoms with Crippen LogP contribution in [0.3, 0.4) is 0 Å². The molecule has 5 atom stereocenters. The van der Waals surface area contributed by atoms with Crippen molar-refractivity contribution in [3.05, 3.63) is 35.4 Å². The van der Waals surface area contributed by atoms with Crippen LogP contribution in [0.4, 0.5) is 4.79 Å². The molecule has 11 heteroatoms. The Balaban J connectivity index is 1.70. The van der Waals surface area contributed by atoms with Crippen molar-refractivity contribution in [3.63, 3.8) is 0 Å². The summed E-state index contributed by atoms with van der Waals surface area (Å²) in [5.41, 5.74) is 1.39. The Hall–Kier alpha value is -3.18. The maximum absolute atomic E-state index is 13.8. The Labute approximate surface area is 262 Å². The van der Waals surface area contributed by atoms with Gasteiger partial charge in [-0.25, -0.2) is 4.79 Å². The van der Waals surface area contributed by atoms with Crippen LogP contribution in [0, 0.1) is 0 Å². The van der Waals surface area contributed by atoms with Crippen LogP contribution in [-0.2, 0) is 30.3 Å². The summed E-state index contributed by atoms with van der Waals surface area (Å²) >= 11 is 0. The van der Waals surface area contributed by atoms with Gasteiger partial charge in [0.25, 0.3) is 0 Å². The second kappa shape index (κ2) is 14.7. The van der Waals surface area contributed by atoms with E-state index < -0.39 is 35.7 Å². The Morgan fingerprint density at radius 3 is 2.39 bits per heavy atom. The van der Waals surface area contributed by atoms with Gasteiger partial charge in [0.05, 0.1) is 18.2 Å². The van der Waals surface area contributed by atoms with Crippen LogP contribution in [0.25, 0.3) is 0 Å². The number of likely N-dealkylation sites (tertiary alicyclic amines) is 1. The zero-order chi connectivity index (χ0) is 32.8. The van der Waals surface area contributed by atoms with Crippen molar-refractivity contribution in [3.8, 4) is 0 Å². The highest BCUT2D eigenvalue weighted by molar-refractivity contribution is 5.94. The molecule has 2 aliphatic rings. The van der Waals surface area contributed by atoms with Gasteiger partial charge >= 0.3 is 6.09 Å². The first-order valence-electron chi connectivity index (χ1n) is 15.8. The van der Waals surface area contributed by atoms with Gasteiger partial charge in [-0.1, -0.05) is 24.3 Å². The van der Waals surface area contributed by atoms with E-state index in [2.05, 4.69) is 28.1 Å². The lowest BCUT2D eigenvalue weighted by Gasteiger charge is -2.31. The molecule has 1 aliphatic heterocycles. The van der Waals surface area contributed by atoms with Crippen molar-refractivity contribution in [1.29, 1.82) is 0 Å². The number of carbonyl (C=O) groups is 4. The summed E-state index contributed by atoms with van der Waals surface area (Å²) in [6, 6.07) is 5.45. The van der Waals surface area contributed by atoms with Crippen molar-refractivity contribution < 1.29 is 28.7 Å². The van der Waals surface area contributed by atoms with Gasteiger partial charge in [0.2, 0.25) is 17.7 Å². The smallest absolute Gasteiger partial charge is 0.410 e. The molecule has 4 amide bonds. The predicted molar refractivity (Wildman–Crippen MR) is 169 cm³/mol. The molecule has 44 heavy (non-hydrogen) atoms. The number of nitrogens with zero attached hydrogens (tertiary/aromatic N) is 2. The van der Waals surface area contributed by atoms with Crippen LogP contribution in [0.15, 0.2) is 24.3 Å². The Kier molecular flexibility index (Phi) is 11.8. The number of rotatable bonds is 10. The van der Waals surface area contributed by atoms with Crippen LogP contribution < -0.4 is 16.0 Å². The number of benzene rings is 1. The molecule has 0 spiro atoms. The average molecular weight is 616 g/mol. The number of carbonyl (C=O) groups excluding carboxylic acids is 4. The van der Waals surface area contributed by atoms with Gasteiger partial charge in [0, 0.05) is 26.2 Å². The maximum Gasteiger partial charge on any atom is 0.410 e. The lowest BCUT2D eigenvalue weighted by molar-refractivity contribution is -0.141. The molecule has 246 valence electrons. The van der Waals surface area contributed by atoms with E-state index in [9.17, 15) is 19.2 Å². The molecule has 0 radical (unpaired) electrons. The summed E-state index contributed by atoms with van der Waals surface area (Å²) in [5.74, 6) is -1.05. The third kappa shape index (κ3) is 9.92. The molecule has 11 nitrogen and oxygen atoms in total. The fourth-order valence-electron chi connectivity index (χ4n) is 5.58. The van der Waals surface area contributed by atoms with Gasteiger partial charge in [-0.2, -0.15) is 0 Å². The molecule has 0 unspecified atom stereocenters. The number of amides is 4. The van der Waals surface area contributed by atoms with E-state index in [1.807, 2.05) is 32.9 Å². The Morgan fingerprint density at radius 2 is 1.73 bits per heavy atom. The van der Waals surface area contributed by atoms with Gasteiger partial charge in [-0.05, 0) is 92.2 Å². The summed E-state index contributed by atoms with van der Waals surface area (Å²) in [6.45, 7) is 15.8. The fraction of sp³-hybridized carbons (Fsp3) is 0.697. The standard InChI is InChI=1S/C33H53N5O6/c1-21(35-28(39)22(2)37(9)31(42)44-33(6,7)8)30(41)38-20-24(34-17-18-43-32(3,4)5)19-27(38)29(40)36-26-16-12-14-23-13-10-11-15-25(23)26/h10-11,13,15,21-22,24,26-27,34H,12,14,16-20H2,1-9H3,(H,35,39)(H,36,40)/t21-,22-,24-,26+,27-/m1/s1. The topological polar surface area (TPSA) is 129 Å². The number of nitrogens with one attached hydrogen (secondary N) is 3. The normalized spacial score (nSPS) is 21.6. The monoisotopic (exact) mass is 615 g/mol. The van der Waals surface area contributed by atoms with Crippen LogP contribution >= 0.6 is 0 Å². The van der Waals surface area contributed by atoms with E-state index in [1.165, 1.54) is 17.5 Å². The zero-order valence-corrected chi connectivity index (χ0v) is 28.0. The van der Waals surface area contributed by atoms with E-state index in [-0.39, 0.29) is 29.5 Å². The van der Waals surface area contributed by atoms with Crippen molar-refractivity contribution in [2.75, 3.05) is 26.7 Å². The van der Waals surface area contributed by atoms with E-state index in [0.29, 0.717) is 26.1 Å². The predicted octanol–water partition coefficient (Wildman–Crippen LogP) is 3.31. The molecule has 3 N–H and O–H groups in total. The number of hydrogen-bond donors (Lipinski definition) is 3. The molecular formula is C33H53N5O6. The quantitative estimate of drug-likeness (QED) is 0.345. The second-order valence-electron chi connectivity index (χ2n) is 14.0. The third-order valence-electron chi connectivity index (χ3n) is 8.01. The number of aryl methyl sites for hydroxylation is 1. The molecule has 1 heterocycles. The van der Waals surface area contributed by atoms with Crippen LogP contribution in [0.5, 0.6) is 0 Å². The van der Waals surface area contributed by atoms with Gasteiger partial charge in [-0.3, -0.25) is 19.3 Å². The third-order valence-corrected chi connectivity index (χ3v) is 8.01. The summed E-state index contributed by atoms with van der Waals surface area (Å²) in [7, 11) is 1.48. The molecule has 0 aromatic heterocycles. The van der Waals surface area contributed by atoms with Gasteiger partial charge in [-0.15, -0.1) is 0 Å². The number of hydrogen-bond acceptors (Lipinski definition) is 7. The highest BCUT2D eigenvalue weighted by Gasteiger charge is 2.42.